The third kappa shape index (κ3) is 10.4. The summed E-state index contributed by atoms with van der Waals surface area (Å²) in [5.41, 5.74) is 10.7. The molecule has 0 rings (SSSR count). The van der Waals surface area contributed by atoms with Gasteiger partial charge in [0.05, 0.1) is 13.2 Å². The van der Waals surface area contributed by atoms with Crippen LogP contribution < -0.4 is 27.4 Å². The standard InChI is InChI=1S/C16H31N5O6S/c1-28-7-5-11(16(26)27)20-15(25)12(9-22)21-14(24)10(4-2-3-6-17)19-13(23)8-18/h10-12,22H,2-9,17-18H2,1H3,(H,19,23)(H,20,25)(H,21,24)(H,26,27). The van der Waals surface area contributed by atoms with Gasteiger partial charge in [0.15, 0.2) is 0 Å². The van der Waals surface area contributed by atoms with Gasteiger partial charge in [0.1, 0.15) is 18.1 Å². The van der Waals surface area contributed by atoms with E-state index in [-0.39, 0.29) is 19.4 Å². The third-order valence-corrected chi connectivity index (χ3v) is 4.47. The van der Waals surface area contributed by atoms with Gasteiger partial charge in [0, 0.05) is 0 Å². The first kappa shape index (κ1) is 26.1. The van der Waals surface area contributed by atoms with E-state index in [1.807, 2.05) is 0 Å². The van der Waals surface area contributed by atoms with Crippen LogP contribution in [-0.2, 0) is 19.2 Å². The summed E-state index contributed by atoms with van der Waals surface area (Å²) >= 11 is 1.43. The summed E-state index contributed by atoms with van der Waals surface area (Å²) in [5, 5.41) is 25.7. The Hall–Kier alpha value is -1.89. The number of thioether (sulfide) groups is 1. The van der Waals surface area contributed by atoms with Gasteiger partial charge in [-0.2, -0.15) is 11.8 Å². The molecule has 11 nitrogen and oxygen atoms in total. The van der Waals surface area contributed by atoms with Crippen LogP contribution >= 0.6 is 11.8 Å². The number of rotatable bonds is 15. The lowest BCUT2D eigenvalue weighted by Gasteiger charge is -2.23. The molecule has 28 heavy (non-hydrogen) atoms. The van der Waals surface area contributed by atoms with Crippen LogP contribution in [0.2, 0.25) is 0 Å². The number of nitrogens with two attached hydrogens (primary N) is 2. The van der Waals surface area contributed by atoms with E-state index in [0.717, 1.165) is 0 Å². The van der Waals surface area contributed by atoms with Crippen molar-refractivity contribution >= 4 is 35.5 Å². The number of nitrogens with one attached hydrogen (secondary N) is 3. The quantitative estimate of drug-likeness (QED) is 0.138. The molecule has 0 bridgehead atoms. The SMILES string of the molecule is CSCCC(NC(=O)C(CO)NC(=O)C(CCCCN)NC(=O)CN)C(=O)O. The largest absolute Gasteiger partial charge is 0.480 e. The molecule has 0 fully saturated rings. The molecule has 3 atom stereocenters. The molecule has 3 amide bonds. The second-order valence-corrected chi connectivity index (χ2v) is 7.02. The fourth-order valence-corrected chi connectivity index (χ4v) is 2.72. The molecule has 0 saturated heterocycles. The molecule has 0 aliphatic rings. The number of carbonyl (C=O) groups is 4. The van der Waals surface area contributed by atoms with Crippen LogP contribution in [0.1, 0.15) is 25.7 Å². The first-order valence-electron chi connectivity index (χ1n) is 8.93. The monoisotopic (exact) mass is 421 g/mol. The fraction of sp³-hybridized carbons (Fsp3) is 0.750. The van der Waals surface area contributed by atoms with E-state index >= 15 is 0 Å². The topological polar surface area (TPSA) is 197 Å². The Labute approximate surface area is 168 Å². The number of carbonyl (C=O) groups excluding carboxylic acids is 3. The van der Waals surface area contributed by atoms with Crippen LogP contribution in [0, 0.1) is 0 Å². The van der Waals surface area contributed by atoms with Crippen LogP contribution in [-0.4, -0.2) is 83.7 Å². The van der Waals surface area contributed by atoms with Crippen molar-refractivity contribution in [2.24, 2.45) is 11.5 Å². The number of aliphatic hydroxyl groups excluding tert-OH is 1. The van der Waals surface area contributed by atoms with E-state index in [0.29, 0.717) is 25.1 Å². The molecule has 0 aromatic heterocycles. The maximum absolute atomic E-state index is 12.4. The minimum Gasteiger partial charge on any atom is -0.480 e. The lowest BCUT2D eigenvalue weighted by molar-refractivity contribution is -0.142. The van der Waals surface area contributed by atoms with Gasteiger partial charge in [-0.3, -0.25) is 14.4 Å². The number of hydrogen-bond donors (Lipinski definition) is 7. The van der Waals surface area contributed by atoms with Crippen molar-refractivity contribution in [2.45, 2.75) is 43.8 Å². The minimum absolute atomic E-state index is 0.197. The zero-order valence-electron chi connectivity index (χ0n) is 16.0. The Kier molecular flexibility index (Phi) is 14.1. The fourth-order valence-electron chi connectivity index (χ4n) is 2.25. The van der Waals surface area contributed by atoms with Crippen LogP contribution in [0.3, 0.4) is 0 Å². The van der Waals surface area contributed by atoms with Crippen LogP contribution in [0.4, 0.5) is 0 Å². The van der Waals surface area contributed by atoms with Gasteiger partial charge in [-0.15, -0.1) is 0 Å². The molecule has 3 unspecified atom stereocenters. The van der Waals surface area contributed by atoms with Crippen molar-refractivity contribution in [3.63, 3.8) is 0 Å². The van der Waals surface area contributed by atoms with Crippen molar-refractivity contribution in [2.75, 3.05) is 31.7 Å². The van der Waals surface area contributed by atoms with Crippen molar-refractivity contribution in [3.05, 3.63) is 0 Å². The van der Waals surface area contributed by atoms with Crippen LogP contribution in [0.25, 0.3) is 0 Å². The number of carboxylic acids is 1. The average Bonchev–Trinajstić information content (AvgIpc) is 2.67. The van der Waals surface area contributed by atoms with Gasteiger partial charge in [-0.25, -0.2) is 4.79 Å². The third-order valence-electron chi connectivity index (χ3n) is 3.82. The summed E-state index contributed by atoms with van der Waals surface area (Å²) < 4.78 is 0. The maximum Gasteiger partial charge on any atom is 0.326 e. The summed E-state index contributed by atoms with van der Waals surface area (Å²) in [4.78, 5) is 47.5. The molecular formula is C16H31N5O6S. The highest BCUT2D eigenvalue weighted by atomic mass is 32.2. The zero-order chi connectivity index (χ0) is 21.5. The summed E-state index contributed by atoms with van der Waals surface area (Å²) in [6.07, 6.45) is 3.48. The molecule has 0 heterocycles. The van der Waals surface area contributed by atoms with E-state index < -0.39 is 48.4 Å². The summed E-state index contributed by atoms with van der Waals surface area (Å²) in [7, 11) is 0. The predicted molar refractivity (Wildman–Crippen MR) is 105 cm³/mol. The van der Waals surface area contributed by atoms with E-state index in [1.54, 1.807) is 6.26 Å². The summed E-state index contributed by atoms with van der Waals surface area (Å²) in [6.45, 7) is -0.611. The van der Waals surface area contributed by atoms with Crippen molar-refractivity contribution in [3.8, 4) is 0 Å². The van der Waals surface area contributed by atoms with Gasteiger partial charge in [-0.1, -0.05) is 0 Å². The van der Waals surface area contributed by atoms with Crippen molar-refractivity contribution < 1.29 is 29.4 Å². The Bertz CT molecular complexity index is 522. The van der Waals surface area contributed by atoms with Crippen LogP contribution in [0.15, 0.2) is 0 Å². The van der Waals surface area contributed by atoms with Gasteiger partial charge in [0.2, 0.25) is 17.7 Å². The van der Waals surface area contributed by atoms with Crippen LogP contribution in [0.5, 0.6) is 0 Å². The number of aliphatic hydroxyl groups is 1. The van der Waals surface area contributed by atoms with E-state index in [4.69, 9.17) is 11.5 Å². The molecule has 0 radical (unpaired) electrons. The Morgan fingerprint density at radius 3 is 2.04 bits per heavy atom. The van der Waals surface area contributed by atoms with Gasteiger partial charge < -0.3 is 37.6 Å². The molecule has 0 aromatic carbocycles. The van der Waals surface area contributed by atoms with Gasteiger partial charge in [-0.05, 0) is 44.2 Å². The highest BCUT2D eigenvalue weighted by Crippen LogP contribution is 2.04. The molecule has 0 aliphatic heterocycles. The van der Waals surface area contributed by atoms with Gasteiger partial charge >= 0.3 is 5.97 Å². The Balaban J connectivity index is 4.98. The highest BCUT2D eigenvalue weighted by molar-refractivity contribution is 7.98. The second-order valence-electron chi connectivity index (χ2n) is 6.03. The lowest BCUT2D eigenvalue weighted by atomic mass is 10.1. The number of hydrogen-bond acceptors (Lipinski definition) is 8. The van der Waals surface area contributed by atoms with E-state index in [1.165, 1.54) is 11.8 Å². The first-order valence-corrected chi connectivity index (χ1v) is 10.3. The second kappa shape index (κ2) is 15.1. The van der Waals surface area contributed by atoms with Crippen molar-refractivity contribution in [1.82, 2.24) is 16.0 Å². The molecular weight excluding hydrogens is 390 g/mol. The smallest absolute Gasteiger partial charge is 0.326 e. The Morgan fingerprint density at radius 1 is 0.929 bits per heavy atom. The van der Waals surface area contributed by atoms with Gasteiger partial charge in [0.25, 0.3) is 0 Å². The number of unbranched alkanes of at least 4 members (excludes halogenated alkanes) is 1. The molecule has 162 valence electrons. The predicted octanol–water partition coefficient (Wildman–Crippen LogP) is -2.64. The summed E-state index contributed by atoms with van der Waals surface area (Å²) in [5.74, 6) is -2.73. The lowest BCUT2D eigenvalue weighted by Crippen LogP contribution is -2.57. The number of amides is 3. The molecule has 0 spiro atoms. The molecule has 0 aromatic rings. The average molecular weight is 422 g/mol. The molecule has 12 heteroatoms. The molecule has 9 N–H and O–H groups in total. The first-order chi connectivity index (χ1) is 13.3. The van der Waals surface area contributed by atoms with Crippen molar-refractivity contribution in [1.29, 1.82) is 0 Å². The molecule has 0 saturated carbocycles. The molecule has 0 aliphatic carbocycles. The zero-order valence-corrected chi connectivity index (χ0v) is 16.8. The number of aliphatic carboxylic acids is 1. The normalized spacial score (nSPS) is 13.9. The number of carboxylic acid groups (broad SMARTS) is 1. The minimum atomic E-state index is -1.35. The highest BCUT2D eigenvalue weighted by Gasteiger charge is 2.28. The van der Waals surface area contributed by atoms with E-state index in [2.05, 4.69) is 16.0 Å². The Morgan fingerprint density at radius 2 is 1.54 bits per heavy atom. The summed E-state index contributed by atoms with van der Waals surface area (Å²) in [6, 6.07) is -3.44. The maximum atomic E-state index is 12.4. The van der Waals surface area contributed by atoms with E-state index in [9.17, 15) is 29.4 Å².